The van der Waals surface area contributed by atoms with Crippen LogP contribution in [-0.2, 0) is 28.6 Å². The minimum atomic E-state index is -0.781. The summed E-state index contributed by atoms with van der Waals surface area (Å²) >= 11 is 0. The minimum Gasteiger partial charge on any atom is -0.462 e. The van der Waals surface area contributed by atoms with Crippen LogP contribution in [0.3, 0.4) is 0 Å². The molecule has 0 aromatic rings. The second-order valence-electron chi connectivity index (χ2n) is 17.5. The summed E-state index contributed by atoms with van der Waals surface area (Å²) in [5.41, 5.74) is 0. The van der Waals surface area contributed by atoms with Crippen LogP contribution in [0, 0.1) is 0 Å². The van der Waals surface area contributed by atoms with Gasteiger partial charge in [-0.15, -0.1) is 0 Å². The van der Waals surface area contributed by atoms with Gasteiger partial charge >= 0.3 is 17.9 Å². The van der Waals surface area contributed by atoms with Crippen molar-refractivity contribution >= 4 is 17.9 Å². The van der Waals surface area contributed by atoms with E-state index in [4.69, 9.17) is 14.2 Å². The van der Waals surface area contributed by atoms with Crippen LogP contribution < -0.4 is 0 Å². The minimum absolute atomic E-state index is 0.0795. The van der Waals surface area contributed by atoms with Crippen LogP contribution in [-0.4, -0.2) is 37.2 Å². The fourth-order valence-electron chi connectivity index (χ4n) is 7.37. The number of hydrogen-bond donors (Lipinski definition) is 0. The average molecular weight is 855 g/mol. The van der Waals surface area contributed by atoms with E-state index >= 15 is 0 Å². The van der Waals surface area contributed by atoms with Gasteiger partial charge in [-0.05, 0) is 70.6 Å². The molecular formula is C55H98O6. The molecule has 0 heterocycles. The first-order valence-electron chi connectivity index (χ1n) is 26.2. The zero-order valence-electron chi connectivity index (χ0n) is 40.4. The van der Waals surface area contributed by atoms with E-state index in [1.807, 2.05) is 0 Å². The molecule has 0 aliphatic carbocycles. The lowest BCUT2D eigenvalue weighted by Crippen LogP contribution is -2.30. The molecule has 61 heavy (non-hydrogen) atoms. The van der Waals surface area contributed by atoms with E-state index in [0.29, 0.717) is 19.3 Å². The second kappa shape index (κ2) is 50.0. The van der Waals surface area contributed by atoms with Crippen LogP contribution in [0.4, 0.5) is 0 Å². The van der Waals surface area contributed by atoms with Gasteiger partial charge in [0.25, 0.3) is 0 Å². The van der Waals surface area contributed by atoms with Gasteiger partial charge in [0.2, 0.25) is 0 Å². The van der Waals surface area contributed by atoms with Crippen LogP contribution in [0.25, 0.3) is 0 Å². The first-order valence-corrected chi connectivity index (χ1v) is 26.2. The molecule has 0 aromatic heterocycles. The summed E-state index contributed by atoms with van der Waals surface area (Å²) in [6, 6.07) is 0. The van der Waals surface area contributed by atoms with E-state index in [-0.39, 0.29) is 31.1 Å². The molecule has 0 N–H and O–H groups in total. The first-order chi connectivity index (χ1) is 30.0. The van der Waals surface area contributed by atoms with Crippen LogP contribution in [0.15, 0.2) is 48.6 Å². The Hall–Kier alpha value is -2.63. The van der Waals surface area contributed by atoms with Gasteiger partial charge in [-0.25, -0.2) is 0 Å². The van der Waals surface area contributed by atoms with E-state index in [2.05, 4.69) is 69.4 Å². The molecule has 0 aliphatic heterocycles. The summed E-state index contributed by atoms with van der Waals surface area (Å²) < 4.78 is 16.8. The summed E-state index contributed by atoms with van der Waals surface area (Å²) in [7, 11) is 0. The zero-order chi connectivity index (χ0) is 44.4. The summed E-state index contributed by atoms with van der Waals surface area (Å²) in [5, 5.41) is 0. The highest BCUT2D eigenvalue weighted by Crippen LogP contribution is 2.15. The Morgan fingerprint density at radius 3 is 0.902 bits per heavy atom. The summed E-state index contributed by atoms with van der Waals surface area (Å²) in [4.78, 5) is 38.0. The predicted molar refractivity (Wildman–Crippen MR) is 261 cm³/mol. The maximum atomic E-state index is 12.8. The molecule has 6 heteroatoms. The maximum Gasteiger partial charge on any atom is 0.306 e. The van der Waals surface area contributed by atoms with E-state index < -0.39 is 6.10 Å². The number of carbonyl (C=O) groups is 3. The number of unbranched alkanes of at least 4 members (excludes halogenated alkanes) is 30. The Balaban J connectivity index is 4.40. The van der Waals surface area contributed by atoms with Gasteiger partial charge < -0.3 is 14.2 Å². The normalized spacial score (nSPS) is 12.4. The molecule has 1 unspecified atom stereocenters. The average Bonchev–Trinajstić information content (AvgIpc) is 3.26. The van der Waals surface area contributed by atoms with Gasteiger partial charge in [-0.3, -0.25) is 14.4 Å². The lowest BCUT2D eigenvalue weighted by Gasteiger charge is -2.18. The van der Waals surface area contributed by atoms with E-state index in [1.165, 1.54) is 154 Å². The Morgan fingerprint density at radius 1 is 0.328 bits per heavy atom. The highest BCUT2D eigenvalue weighted by Gasteiger charge is 2.19. The van der Waals surface area contributed by atoms with E-state index in [9.17, 15) is 14.4 Å². The molecule has 354 valence electrons. The summed E-state index contributed by atoms with van der Waals surface area (Å²) in [5.74, 6) is -0.895. The number of esters is 3. The Kier molecular flexibility index (Phi) is 47.9. The number of carbonyl (C=O) groups excluding carboxylic acids is 3. The van der Waals surface area contributed by atoms with Crippen molar-refractivity contribution in [3.63, 3.8) is 0 Å². The first kappa shape index (κ1) is 58.4. The third-order valence-corrected chi connectivity index (χ3v) is 11.4. The van der Waals surface area contributed by atoms with Crippen molar-refractivity contribution in [3.05, 3.63) is 48.6 Å². The van der Waals surface area contributed by atoms with Gasteiger partial charge in [-0.2, -0.15) is 0 Å². The topological polar surface area (TPSA) is 78.9 Å². The van der Waals surface area contributed by atoms with Gasteiger partial charge in [-0.1, -0.05) is 223 Å². The molecular weight excluding hydrogens is 757 g/mol. The van der Waals surface area contributed by atoms with E-state index in [0.717, 1.165) is 70.6 Å². The third kappa shape index (κ3) is 48.3. The van der Waals surface area contributed by atoms with Crippen molar-refractivity contribution in [1.29, 1.82) is 0 Å². The number of ether oxygens (including phenoxy) is 3. The number of rotatable bonds is 47. The van der Waals surface area contributed by atoms with Gasteiger partial charge in [0.15, 0.2) is 6.10 Å². The zero-order valence-corrected chi connectivity index (χ0v) is 40.4. The van der Waals surface area contributed by atoms with Gasteiger partial charge in [0.1, 0.15) is 13.2 Å². The molecule has 0 amide bonds. The Bertz CT molecular complexity index is 1070. The Labute approximate surface area is 378 Å². The molecule has 0 radical (unpaired) electrons. The standard InChI is InChI=1S/C55H98O6/c1-4-7-10-13-16-19-22-25-27-30-33-36-39-42-45-48-54(57)60-51-52(50-59-53(56)47-44-41-38-35-32-29-24-21-18-15-12-9-6-3)61-55(58)49-46-43-40-37-34-31-28-26-23-20-17-14-11-8-5-2/h16-17,19-20,22-23,25-26,52H,4-15,18,21,24,27-51H2,1-3H3/b19-16-,20-17-,25-22-,26-23-. The lowest BCUT2D eigenvalue weighted by molar-refractivity contribution is -0.167. The van der Waals surface area contributed by atoms with E-state index in [1.54, 1.807) is 0 Å². The van der Waals surface area contributed by atoms with Crippen LogP contribution in [0.1, 0.15) is 265 Å². The monoisotopic (exact) mass is 855 g/mol. The molecule has 0 fully saturated rings. The van der Waals surface area contributed by atoms with Crippen LogP contribution >= 0.6 is 0 Å². The van der Waals surface area contributed by atoms with Crippen molar-refractivity contribution in [2.45, 2.75) is 271 Å². The third-order valence-electron chi connectivity index (χ3n) is 11.4. The lowest BCUT2D eigenvalue weighted by atomic mass is 10.0. The van der Waals surface area contributed by atoms with Crippen molar-refractivity contribution in [1.82, 2.24) is 0 Å². The van der Waals surface area contributed by atoms with Crippen molar-refractivity contribution in [3.8, 4) is 0 Å². The molecule has 0 rings (SSSR count). The second-order valence-corrected chi connectivity index (χ2v) is 17.5. The maximum absolute atomic E-state index is 12.8. The fourth-order valence-corrected chi connectivity index (χ4v) is 7.37. The molecule has 0 saturated carbocycles. The molecule has 0 spiro atoms. The molecule has 0 aromatic carbocycles. The molecule has 1 atom stereocenters. The quantitative estimate of drug-likeness (QED) is 0.0263. The van der Waals surface area contributed by atoms with Crippen molar-refractivity contribution in [2.24, 2.45) is 0 Å². The Morgan fingerprint density at radius 2 is 0.574 bits per heavy atom. The number of allylic oxidation sites excluding steroid dienone is 8. The van der Waals surface area contributed by atoms with Crippen LogP contribution in [0.2, 0.25) is 0 Å². The molecule has 6 nitrogen and oxygen atoms in total. The number of hydrogen-bond acceptors (Lipinski definition) is 6. The molecule has 0 saturated heterocycles. The smallest absolute Gasteiger partial charge is 0.306 e. The summed E-state index contributed by atoms with van der Waals surface area (Å²) in [6.07, 6.45) is 59.4. The van der Waals surface area contributed by atoms with Crippen molar-refractivity contribution in [2.75, 3.05) is 13.2 Å². The largest absolute Gasteiger partial charge is 0.462 e. The highest BCUT2D eigenvalue weighted by atomic mass is 16.6. The van der Waals surface area contributed by atoms with Gasteiger partial charge in [0.05, 0.1) is 0 Å². The molecule has 0 bridgehead atoms. The molecule has 0 aliphatic rings. The fraction of sp³-hybridized carbons (Fsp3) is 0.800. The highest BCUT2D eigenvalue weighted by molar-refractivity contribution is 5.71. The summed E-state index contributed by atoms with van der Waals surface area (Å²) in [6.45, 7) is 6.57. The SMILES string of the molecule is CCCCC/C=C\C=C/CCCCCCCCC(=O)OCC(COC(=O)CCCCCCCCCCCCCCC)OC(=O)CCCCCCCC/C=C\C=C/CCCCC. The predicted octanol–water partition coefficient (Wildman–Crippen LogP) is 17.1. The van der Waals surface area contributed by atoms with Crippen molar-refractivity contribution < 1.29 is 28.6 Å². The van der Waals surface area contributed by atoms with Gasteiger partial charge in [0, 0.05) is 19.3 Å². The van der Waals surface area contributed by atoms with Crippen LogP contribution in [0.5, 0.6) is 0 Å².